The molecule has 0 aliphatic rings. The maximum absolute atomic E-state index is 12.6. The molecule has 24 heavy (non-hydrogen) atoms. The lowest BCUT2D eigenvalue weighted by molar-refractivity contribution is -0.137. The number of aryl methyl sites for hydroxylation is 2. The first-order valence-electron chi connectivity index (χ1n) is 7.08. The average molecular weight is 355 g/mol. The van der Waals surface area contributed by atoms with E-state index < -0.39 is 17.6 Å². The summed E-state index contributed by atoms with van der Waals surface area (Å²) in [5, 5.41) is 2.92. The second kappa shape index (κ2) is 7.21. The number of rotatable bonds is 4. The van der Waals surface area contributed by atoms with E-state index in [4.69, 9.17) is 0 Å². The molecule has 128 valence electrons. The number of carbonyl (C=O) groups is 1. The second-order valence-electron chi connectivity index (χ2n) is 5.22. The topological polar surface area (TPSA) is 54.9 Å². The van der Waals surface area contributed by atoms with Crippen LogP contribution in [0, 0.1) is 20.8 Å². The Morgan fingerprint density at radius 1 is 1.17 bits per heavy atom. The fourth-order valence-corrected chi connectivity index (χ4v) is 2.64. The number of nitrogens with zero attached hydrogens (tertiary/aromatic N) is 2. The second-order valence-corrected chi connectivity index (χ2v) is 6.16. The number of anilines is 1. The highest BCUT2D eigenvalue weighted by atomic mass is 32.2. The molecule has 0 fully saturated rings. The summed E-state index contributed by atoms with van der Waals surface area (Å²) in [7, 11) is 0. The first-order valence-corrected chi connectivity index (χ1v) is 8.07. The predicted octanol–water partition coefficient (Wildman–Crippen LogP) is 4.15. The van der Waals surface area contributed by atoms with Gasteiger partial charge in [-0.3, -0.25) is 4.79 Å². The Labute approximate surface area is 141 Å². The average Bonchev–Trinajstić information content (AvgIpc) is 2.50. The van der Waals surface area contributed by atoms with Crippen LogP contribution < -0.4 is 5.32 Å². The van der Waals surface area contributed by atoms with E-state index in [-0.39, 0.29) is 11.4 Å². The Bertz CT molecular complexity index is 739. The number of nitrogens with one attached hydrogen (secondary N) is 1. The van der Waals surface area contributed by atoms with Crippen molar-refractivity contribution in [2.45, 2.75) is 32.1 Å². The summed E-state index contributed by atoms with van der Waals surface area (Å²) in [6.07, 6.45) is -4.44. The molecule has 0 saturated carbocycles. The number of thioether (sulfide) groups is 1. The summed E-state index contributed by atoms with van der Waals surface area (Å²) in [4.78, 5) is 20.5. The predicted molar refractivity (Wildman–Crippen MR) is 87.0 cm³/mol. The highest BCUT2D eigenvalue weighted by Crippen LogP contribution is 2.30. The molecule has 1 N–H and O–H groups in total. The molecule has 0 unspecified atom stereocenters. The Morgan fingerprint density at radius 2 is 1.79 bits per heavy atom. The van der Waals surface area contributed by atoms with Crippen molar-refractivity contribution in [1.82, 2.24) is 9.97 Å². The third kappa shape index (κ3) is 4.70. The lowest BCUT2D eigenvalue weighted by atomic mass is 10.2. The van der Waals surface area contributed by atoms with Crippen LogP contribution >= 0.6 is 11.8 Å². The van der Waals surface area contributed by atoms with Gasteiger partial charge in [0.15, 0.2) is 5.16 Å². The number of benzene rings is 1. The summed E-state index contributed by atoms with van der Waals surface area (Å²) in [6, 6.07) is 4.52. The molecule has 1 amide bonds. The van der Waals surface area contributed by atoms with Crippen LogP contribution in [0.3, 0.4) is 0 Å². The lowest BCUT2D eigenvalue weighted by Crippen LogP contribution is -2.15. The highest BCUT2D eigenvalue weighted by molar-refractivity contribution is 7.99. The summed E-state index contributed by atoms with van der Waals surface area (Å²) in [5.41, 5.74) is 1.97. The fourth-order valence-electron chi connectivity index (χ4n) is 1.91. The van der Waals surface area contributed by atoms with Crippen molar-refractivity contribution in [3.8, 4) is 0 Å². The van der Waals surface area contributed by atoms with Gasteiger partial charge in [0, 0.05) is 17.1 Å². The molecule has 0 radical (unpaired) electrons. The third-order valence-electron chi connectivity index (χ3n) is 3.42. The smallest absolute Gasteiger partial charge is 0.325 e. The molecule has 1 aromatic carbocycles. The van der Waals surface area contributed by atoms with E-state index in [0.717, 1.165) is 40.8 Å². The fraction of sp³-hybridized carbons (Fsp3) is 0.312. The standard InChI is InChI=1S/C16H16F3N3OS/c1-9-10(2)20-15(21-11(9)3)24-8-14(23)22-13-6-4-5-12(7-13)16(17,18)19/h4-7H,8H2,1-3H3,(H,22,23). The minimum absolute atomic E-state index is 0.0121. The minimum Gasteiger partial charge on any atom is -0.325 e. The summed E-state index contributed by atoms with van der Waals surface area (Å²) in [6.45, 7) is 5.63. The lowest BCUT2D eigenvalue weighted by Gasteiger charge is -2.10. The van der Waals surface area contributed by atoms with Crippen LogP contribution in [0.15, 0.2) is 29.4 Å². The number of carbonyl (C=O) groups excluding carboxylic acids is 1. The number of hydrogen-bond acceptors (Lipinski definition) is 4. The molecule has 1 aromatic heterocycles. The highest BCUT2D eigenvalue weighted by Gasteiger charge is 2.30. The van der Waals surface area contributed by atoms with Crippen molar-refractivity contribution >= 4 is 23.4 Å². The van der Waals surface area contributed by atoms with Gasteiger partial charge in [-0.25, -0.2) is 9.97 Å². The Kier molecular flexibility index (Phi) is 5.48. The van der Waals surface area contributed by atoms with E-state index in [1.54, 1.807) is 0 Å². The Balaban J connectivity index is 1.99. The molecule has 0 bridgehead atoms. The third-order valence-corrected chi connectivity index (χ3v) is 4.27. The Hall–Kier alpha value is -2.09. The van der Waals surface area contributed by atoms with Gasteiger partial charge < -0.3 is 5.32 Å². The van der Waals surface area contributed by atoms with Gasteiger partial charge in [0.2, 0.25) is 5.91 Å². The first-order chi connectivity index (χ1) is 11.2. The molecule has 0 aliphatic heterocycles. The van der Waals surface area contributed by atoms with Crippen LogP contribution in [0.1, 0.15) is 22.5 Å². The van der Waals surface area contributed by atoms with Crippen LogP contribution in [0.4, 0.5) is 18.9 Å². The SMILES string of the molecule is Cc1nc(SCC(=O)Nc2cccc(C(F)(F)F)c2)nc(C)c1C. The molecular formula is C16H16F3N3OS. The molecule has 8 heteroatoms. The van der Waals surface area contributed by atoms with E-state index in [2.05, 4.69) is 15.3 Å². The molecular weight excluding hydrogens is 339 g/mol. The van der Waals surface area contributed by atoms with Crippen molar-refractivity contribution in [3.63, 3.8) is 0 Å². The van der Waals surface area contributed by atoms with E-state index in [1.807, 2.05) is 20.8 Å². The molecule has 0 aliphatic carbocycles. The zero-order chi connectivity index (χ0) is 17.9. The molecule has 1 heterocycles. The van der Waals surface area contributed by atoms with Gasteiger partial charge in [-0.1, -0.05) is 17.8 Å². The molecule has 0 spiro atoms. The molecule has 0 atom stereocenters. The number of alkyl halides is 3. The minimum atomic E-state index is -4.44. The summed E-state index contributed by atoms with van der Waals surface area (Å²) >= 11 is 1.14. The van der Waals surface area contributed by atoms with Gasteiger partial charge in [0.25, 0.3) is 0 Å². The number of hydrogen-bond donors (Lipinski definition) is 1. The van der Waals surface area contributed by atoms with Crippen molar-refractivity contribution in [2.75, 3.05) is 11.1 Å². The van der Waals surface area contributed by atoms with Crippen LogP contribution in [0.5, 0.6) is 0 Å². The van der Waals surface area contributed by atoms with E-state index >= 15 is 0 Å². The Morgan fingerprint density at radius 3 is 2.38 bits per heavy atom. The quantitative estimate of drug-likeness (QED) is 0.661. The van der Waals surface area contributed by atoms with E-state index in [1.165, 1.54) is 12.1 Å². The van der Waals surface area contributed by atoms with Crippen molar-refractivity contribution < 1.29 is 18.0 Å². The maximum Gasteiger partial charge on any atom is 0.416 e. The maximum atomic E-state index is 12.6. The van der Waals surface area contributed by atoms with Gasteiger partial charge in [-0.2, -0.15) is 13.2 Å². The van der Waals surface area contributed by atoms with Gasteiger partial charge in [0.05, 0.1) is 11.3 Å². The zero-order valence-electron chi connectivity index (χ0n) is 13.4. The zero-order valence-corrected chi connectivity index (χ0v) is 14.2. The van der Waals surface area contributed by atoms with Crippen molar-refractivity contribution in [3.05, 3.63) is 46.8 Å². The van der Waals surface area contributed by atoms with Gasteiger partial charge in [-0.05, 0) is 44.5 Å². The molecule has 0 saturated heterocycles. The van der Waals surface area contributed by atoms with Crippen LogP contribution in [-0.2, 0) is 11.0 Å². The summed E-state index contributed by atoms with van der Waals surface area (Å²) < 4.78 is 37.9. The normalized spacial score (nSPS) is 11.4. The number of amides is 1. The van der Waals surface area contributed by atoms with Crippen molar-refractivity contribution in [1.29, 1.82) is 0 Å². The van der Waals surface area contributed by atoms with Crippen molar-refractivity contribution in [2.24, 2.45) is 0 Å². The van der Waals surface area contributed by atoms with Gasteiger partial charge in [0.1, 0.15) is 0 Å². The number of aromatic nitrogens is 2. The number of halogens is 3. The molecule has 2 aromatic rings. The monoisotopic (exact) mass is 355 g/mol. The van der Waals surface area contributed by atoms with E-state index in [9.17, 15) is 18.0 Å². The largest absolute Gasteiger partial charge is 0.416 e. The van der Waals surface area contributed by atoms with Gasteiger partial charge in [-0.15, -0.1) is 0 Å². The molecule has 2 rings (SSSR count). The van der Waals surface area contributed by atoms with Crippen LogP contribution in [-0.4, -0.2) is 21.6 Å². The van der Waals surface area contributed by atoms with Crippen LogP contribution in [0.25, 0.3) is 0 Å². The first kappa shape index (κ1) is 18.3. The molecule has 4 nitrogen and oxygen atoms in total. The van der Waals surface area contributed by atoms with E-state index in [0.29, 0.717) is 5.16 Å². The van der Waals surface area contributed by atoms with Gasteiger partial charge >= 0.3 is 6.18 Å². The summed E-state index contributed by atoms with van der Waals surface area (Å²) in [5.74, 6) is -0.406. The van der Waals surface area contributed by atoms with Crippen LogP contribution in [0.2, 0.25) is 0 Å².